The molecule has 3 fully saturated rings. The first-order chi connectivity index (χ1) is 8.25. The van der Waals surface area contributed by atoms with Crippen molar-refractivity contribution in [1.29, 1.82) is 0 Å². The average Bonchev–Trinajstić information content (AvgIpc) is 2.49. The molecule has 2 heteroatoms. The Hall–Kier alpha value is -0.0800. The Kier molecular flexibility index (Phi) is 3.45. The van der Waals surface area contributed by atoms with Gasteiger partial charge in [-0.15, -0.1) is 0 Å². The summed E-state index contributed by atoms with van der Waals surface area (Å²) in [5.74, 6) is 1.85. The monoisotopic (exact) mass is 236 g/mol. The third-order valence-corrected chi connectivity index (χ3v) is 5.59. The van der Waals surface area contributed by atoms with E-state index in [2.05, 4.69) is 24.1 Å². The van der Waals surface area contributed by atoms with Gasteiger partial charge in [-0.25, -0.2) is 0 Å². The summed E-state index contributed by atoms with van der Waals surface area (Å²) in [4.78, 5) is 2.83. The molecule has 5 atom stereocenters. The van der Waals surface area contributed by atoms with Crippen LogP contribution in [-0.4, -0.2) is 36.1 Å². The quantitative estimate of drug-likeness (QED) is 0.695. The molecule has 2 nitrogen and oxygen atoms in total. The van der Waals surface area contributed by atoms with Crippen molar-refractivity contribution >= 4 is 0 Å². The van der Waals surface area contributed by atoms with Gasteiger partial charge in [-0.2, -0.15) is 0 Å². The SMILES string of the molecule is CC1CCC2NCC3CCCCN3[C@@H](C)[C@@H]2C1. The van der Waals surface area contributed by atoms with Gasteiger partial charge in [0.05, 0.1) is 0 Å². The zero-order chi connectivity index (χ0) is 11.8. The van der Waals surface area contributed by atoms with E-state index >= 15 is 0 Å². The minimum atomic E-state index is 0.808. The lowest BCUT2D eigenvalue weighted by atomic mass is 9.75. The van der Waals surface area contributed by atoms with E-state index in [0.717, 1.165) is 30.0 Å². The summed E-state index contributed by atoms with van der Waals surface area (Å²) in [5.41, 5.74) is 0. The lowest BCUT2D eigenvalue weighted by Crippen LogP contribution is -2.49. The molecule has 1 N–H and O–H groups in total. The molecule has 3 aliphatic rings. The van der Waals surface area contributed by atoms with Crippen LogP contribution in [0.3, 0.4) is 0 Å². The third-order valence-electron chi connectivity index (χ3n) is 5.59. The summed E-state index contributed by atoms with van der Waals surface area (Å²) in [6.45, 7) is 7.55. The molecule has 3 rings (SSSR count). The second-order valence-electron chi connectivity index (χ2n) is 6.72. The van der Waals surface area contributed by atoms with Crippen molar-refractivity contribution in [2.45, 2.75) is 70.5 Å². The van der Waals surface area contributed by atoms with E-state index in [1.165, 1.54) is 51.6 Å². The van der Waals surface area contributed by atoms with Crippen LogP contribution in [0, 0.1) is 11.8 Å². The van der Waals surface area contributed by atoms with Crippen molar-refractivity contribution in [2.75, 3.05) is 13.1 Å². The zero-order valence-corrected chi connectivity index (χ0v) is 11.5. The number of hydrogen-bond donors (Lipinski definition) is 1. The first kappa shape index (κ1) is 12.0. The van der Waals surface area contributed by atoms with E-state index in [1.807, 2.05) is 0 Å². The van der Waals surface area contributed by atoms with E-state index in [-0.39, 0.29) is 0 Å². The Bertz CT molecular complexity index is 266. The number of hydrogen-bond acceptors (Lipinski definition) is 2. The van der Waals surface area contributed by atoms with Gasteiger partial charge in [0, 0.05) is 24.7 Å². The normalized spacial score (nSPS) is 48.0. The van der Waals surface area contributed by atoms with Gasteiger partial charge in [0.2, 0.25) is 0 Å². The Morgan fingerprint density at radius 1 is 1.06 bits per heavy atom. The smallest absolute Gasteiger partial charge is 0.0223 e. The largest absolute Gasteiger partial charge is 0.312 e. The highest BCUT2D eigenvalue weighted by molar-refractivity contribution is 4.97. The van der Waals surface area contributed by atoms with Crippen molar-refractivity contribution in [3.05, 3.63) is 0 Å². The fourth-order valence-electron chi connectivity index (χ4n) is 4.52. The van der Waals surface area contributed by atoms with Gasteiger partial charge >= 0.3 is 0 Å². The Morgan fingerprint density at radius 3 is 2.82 bits per heavy atom. The van der Waals surface area contributed by atoms with Crippen molar-refractivity contribution < 1.29 is 0 Å². The van der Waals surface area contributed by atoms with Gasteiger partial charge in [0.1, 0.15) is 0 Å². The molecule has 0 spiro atoms. The molecule has 0 aromatic carbocycles. The standard InChI is InChI=1S/C15H28N2/c1-11-6-7-15-14(9-11)12(2)17-8-4-3-5-13(17)10-16-15/h11-16H,3-10H2,1-2H3/t11?,12-,13?,14-,15?/m0/s1. The summed E-state index contributed by atoms with van der Waals surface area (Å²) in [6.07, 6.45) is 8.59. The van der Waals surface area contributed by atoms with Crippen LogP contribution >= 0.6 is 0 Å². The predicted octanol–water partition coefficient (Wildman–Crippen LogP) is 2.64. The van der Waals surface area contributed by atoms with E-state index < -0.39 is 0 Å². The maximum atomic E-state index is 3.89. The predicted molar refractivity (Wildman–Crippen MR) is 72.1 cm³/mol. The Balaban J connectivity index is 1.78. The molecule has 2 aliphatic heterocycles. The summed E-state index contributed by atoms with van der Waals surface area (Å²) in [5, 5.41) is 3.89. The van der Waals surface area contributed by atoms with Gasteiger partial charge in [-0.05, 0) is 57.4 Å². The summed E-state index contributed by atoms with van der Waals surface area (Å²) < 4.78 is 0. The van der Waals surface area contributed by atoms with Gasteiger partial charge in [-0.1, -0.05) is 13.3 Å². The van der Waals surface area contributed by atoms with Gasteiger partial charge < -0.3 is 5.32 Å². The zero-order valence-electron chi connectivity index (χ0n) is 11.5. The minimum absolute atomic E-state index is 0.808. The molecule has 1 aliphatic carbocycles. The Morgan fingerprint density at radius 2 is 1.94 bits per heavy atom. The van der Waals surface area contributed by atoms with Gasteiger partial charge in [0.25, 0.3) is 0 Å². The second-order valence-corrected chi connectivity index (χ2v) is 6.72. The van der Waals surface area contributed by atoms with Crippen LogP contribution in [0.2, 0.25) is 0 Å². The van der Waals surface area contributed by atoms with Gasteiger partial charge in [-0.3, -0.25) is 4.90 Å². The third kappa shape index (κ3) is 2.26. The van der Waals surface area contributed by atoms with Crippen molar-refractivity contribution in [1.82, 2.24) is 10.2 Å². The maximum absolute atomic E-state index is 3.89. The molecule has 98 valence electrons. The molecule has 2 saturated heterocycles. The summed E-state index contributed by atoms with van der Waals surface area (Å²) >= 11 is 0. The highest BCUT2D eigenvalue weighted by Gasteiger charge is 2.40. The topological polar surface area (TPSA) is 15.3 Å². The molecule has 17 heavy (non-hydrogen) atoms. The molecule has 0 aromatic rings. The number of rotatable bonds is 0. The van der Waals surface area contributed by atoms with E-state index in [9.17, 15) is 0 Å². The van der Waals surface area contributed by atoms with E-state index in [4.69, 9.17) is 0 Å². The fourth-order valence-corrected chi connectivity index (χ4v) is 4.52. The number of fused-ring (bicyclic) bond motifs is 2. The molecule has 0 radical (unpaired) electrons. The molecular weight excluding hydrogens is 208 g/mol. The lowest BCUT2D eigenvalue weighted by molar-refractivity contribution is 0.0681. The summed E-state index contributed by atoms with van der Waals surface area (Å²) in [6, 6.07) is 2.45. The first-order valence-electron chi connectivity index (χ1n) is 7.75. The van der Waals surface area contributed by atoms with Crippen LogP contribution in [0.25, 0.3) is 0 Å². The van der Waals surface area contributed by atoms with Crippen molar-refractivity contribution in [3.8, 4) is 0 Å². The van der Waals surface area contributed by atoms with Crippen LogP contribution in [0.15, 0.2) is 0 Å². The average molecular weight is 236 g/mol. The van der Waals surface area contributed by atoms with Crippen LogP contribution in [0.4, 0.5) is 0 Å². The molecule has 0 bridgehead atoms. The summed E-state index contributed by atoms with van der Waals surface area (Å²) in [7, 11) is 0. The van der Waals surface area contributed by atoms with E-state index in [0.29, 0.717) is 0 Å². The molecule has 2 heterocycles. The second kappa shape index (κ2) is 4.89. The van der Waals surface area contributed by atoms with Crippen LogP contribution in [-0.2, 0) is 0 Å². The van der Waals surface area contributed by atoms with Crippen molar-refractivity contribution in [2.24, 2.45) is 11.8 Å². The first-order valence-corrected chi connectivity index (χ1v) is 7.75. The van der Waals surface area contributed by atoms with Crippen LogP contribution in [0.1, 0.15) is 52.4 Å². The highest BCUT2D eigenvalue weighted by atomic mass is 15.2. The van der Waals surface area contributed by atoms with Crippen molar-refractivity contribution in [3.63, 3.8) is 0 Å². The number of nitrogens with one attached hydrogen (secondary N) is 1. The van der Waals surface area contributed by atoms with Gasteiger partial charge in [0.15, 0.2) is 0 Å². The molecule has 1 saturated carbocycles. The van der Waals surface area contributed by atoms with Crippen LogP contribution in [0.5, 0.6) is 0 Å². The van der Waals surface area contributed by atoms with Crippen LogP contribution < -0.4 is 5.32 Å². The van der Waals surface area contributed by atoms with E-state index in [1.54, 1.807) is 0 Å². The molecule has 3 unspecified atom stereocenters. The molecular formula is C15H28N2. The lowest BCUT2D eigenvalue weighted by Gasteiger charge is -2.43. The minimum Gasteiger partial charge on any atom is -0.312 e. The number of piperidine rings is 1. The number of nitrogens with zero attached hydrogens (tertiary/aromatic N) is 1. The molecule has 0 amide bonds. The Labute approximate surface area is 106 Å². The fraction of sp³-hybridized carbons (Fsp3) is 1.00. The maximum Gasteiger partial charge on any atom is 0.0223 e. The molecule has 0 aromatic heterocycles. The highest BCUT2D eigenvalue weighted by Crippen LogP contribution is 2.36.